The highest BCUT2D eigenvalue weighted by Crippen LogP contribution is 2.20. The standard InChI is InChI=1S/C18H22N4/c1-14(2)12-21-10-8-15-13-22(20-18(15)9-11-21)17-6-4-16(19-3)5-7-17/h4-7,13-14H,8-12H2,1-2H3. The molecule has 3 rings (SSSR count). The third kappa shape index (κ3) is 3.20. The van der Waals surface area contributed by atoms with E-state index in [0.717, 1.165) is 31.6 Å². The molecule has 0 saturated heterocycles. The Morgan fingerprint density at radius 2 is 1.91 bits per heavy atom. The largest absolute Gasteiger partial charge is 0.302 e. The summed E-state index contributed by atoms with van der Waals surface area (Å²) in [6.07, 6.45) is 4.25. The van der Waals surface area contributed by atoms with Crippen molar-refractivity contribution in [2.75, 3.05) is 19.6 Å². The van der Waals surface area contributed by atoms with Crippen LogP contribution in [0, 0.1) is 12.5 Å². The lowest BCUT2D eigenvalue weighted by Gasteiger charge is -2.21. The van der Waals surface area contributed by atoms with Crippen LogP contribution in [-0.4, -0.2) is 34.3 Å². The van der Waals surface area contributed by atoms with Gasteiger partial charge in [-0.15, -0.1) is 0 Å². The molecule has 0 spiro atoms. The summed E-state index contributed by atoms with van der Waals surface area (Å²) < 4.78 is 1.95. The highest BCUT2D eigenvalue weighted by molar-refractivity contribution is 5.49. The second-order valence-electron chi connectivity index (χ2n) is 6.37. The van der Waals surface area contributed by atoms with E-state index in [0.29, 0.717) is 11.6 Å². The number of hydrogen-bond acceptors (Lipinski definition) is 2. The van der Waals surface area contributed by atoms with E-state index in [9.17, 15) is 0 Å². The first-order valence-corrected chi connectivity index (χ1v) is 7.93. The van der Waals surface area contributed by atoms with Gasteiger partial charge in [-0.25, -0.2) is 9.53 Å². The molecular weight excluding hydrogens is 272 g/mol. The van der Waals surface area contributed by atoms with Gasteiger partial charge in [-0.1, -0.05) is 26.0 Å². The maximum absolute atomic E-state index is 7.01. The summed E-state index contributed by atoms with van der Waals surface area (Å²) in [4.78, 5) is 5.97. The Bertz CT molecular complexity index is 651. The van der Waals surface area contributed by atoms with E-state index in [4.69, 9.17) is 11.7 Å². The number of nitrogens with zero attached hydrogens (tertiary/aromatic N) is 4. The first-order chi connectivity index (χ1) is 10.7. The molecule has 0 radical (unpaired) electrons. The molecule has 2 heterocycles. The predicted octanol–water partition coefficient (Wildman–Crippen LogP) is 3.48. The molecule has 0 amide bonds. The minimum atomic E-state index is 0.668. The zero-order valence-corrected chi connectivity index (χ0v) is 13.3. The van der Waals surface area contributed by atoms with Gasteiger partial charge >= 0.3 is 0 Å². The molecule has 22 heavy (non-hydrogen) atoms. The van der Waals surface area contributed by atoms with E-state index in [1.54, 1.807) is 0 Å². The van der Waals surface area contributed by atoms with Gasteiger partial charge in [0.15, 0.2) is 5.69 Å². The lowest BCUT2D eigenvalue weighted by Crippen LogP contribution is -2.30. The molecule has 1 aromatic carbocycles. The van der Waals surface area contributed by atoms with E-state index in [1.807, 2.05) is 28.9 Å². The Morgan fingerprint density at radius 1 is 1.18 bits per heavy atom. The van der Waals surface area contributed by atoms with E-state index in [2.05, 4.69) is 29.8 Å². The molecule has 2 aromatic rings. The van der Waals surface area contributed by atoms with Crippen molar-refractivity contribution in [1.29, 1.82) is 0 Å². The molecule has 0 aliphatic carbocycles. The molecule has 0 saturated carbocycles. The summed E-state index contributed by atoms with van der Waals surface area (Å²) in [5.74, 6) is 0.714. The van der Waals surface area contributed by atoms with Crippen molar-refractivity contribution < 1.29 is 0 Å². The van der Waals surface area contributed by atoms with Crippen LogP contribution in [-0.2, 0) is 12.8 Å². The monoisotopic (exact) mass is 294 g/mol. The number of hydrogen-bond donors (Lipinski definition) is 0. The zero-order chi connectivity index (χ0) is 15.5. The molecular formula is C18H22N4. The summed E-state index contributed by atoms with van der Waals surface area (Å²) in [7, 11) is 0. The SMILES string of the molecule is [C-]#[N+]c1ccc(-n2cc3c(n2)CCN(CC(C)C)CC3)cc1. The second kappa shape index (κ2) is 6.33. The lowest BCUT2D eigenvalue weighted by molar-refractivity contribution is 0.255. The fraction of sp³-hybridized carbons (Fsp3) is 0.444. The number of rotatable bonds is 3. The van der Waals surface area contributed by atoms with Crippen LogP contribution in [0.5, 0.6) is 0 Å². The van der Waals surface area contributed by atoms with Crippen LogP contribution < -0.4 is 0 Å². The van der Waals surface area contributed by atoms with Crippen LogP contribution >= 0.6 is 0 Å². The minimum Gasteiger partial charge on any atom is -0.302 e. The van der Waals surface area contributed by atoms with E-state index in [1.165, 1.54) is 17.8 Å². The van der Waals surface area contributed by atoms with E-state index in [-0.39, 0.29) is 0 Å². The van der Waals surface area contributed by atoms with Crippen molar-refractivity contribution in [3.63, 3.8) is 0 Å². The van der Waals surface area contributed by atoms with Gasteiger partial charge in [0.1, 0.15) is 0 Å². The third-order valence-electron chi connectivity index (χ3n) is 4.11. The maximum Gasteiger partial charge on any atom is 0.187 e. The predicted molar refractivity (Wildman–Crippen MR) is 88.5 cm³/mol. The van der Waals surface area contributed by atoms with Crippen molar-refractivity contribution in [2.45, 2.75) is 26.7 Å². The molecule has 114 valence electrons. The summed E-state index contributed by atoms with van der Waals surface area (Å²) in [6.45, 7) is 14.9. The van der Waals surface area contributed by atoms with Gasteiger partial charge in [-0.05, 0) is 30.0 Å². The lowest BCUT2D eigenvalue weighted by atomic mass is 10.2. The van der Waals surface area contributed by atoms with E-state index < -0.39 is 0 Å². The summed E-state index contributed by atoms with van der Waals surface area (Å²) >= 11 is 0. The highest BCUT2D eigenvalue weighted by atomic mass is 15.3. The highest BCUT2D eigenvalue weighted by Gasteiger charge is 2.18. The Kier molecular flexibility index (Phi) is 4.26. The first kappa shape index (κ1) is 14.8. The number of benzene rings is 1. The fourth-order valence-corrected chi connectivity index (χ4v) is 3.03. The van der Waals surface area contributed by atoms with Gasteiger partial charge in [0, 0.05) is 32.3 Å². The van der Waals surface area contributed by atoms with Crippen LogP contribution in [0.15, 0.2) is 30.5 Å². The Balaban J connectivity index is 1.76. The van der Waals surface area contributed by atoms with E-state index >= 15 is 0 Å². The van der Waals surface area contributed by atoms with Gasteiger partial charge in [0.05, 0.1) is 18.0 Å². The van der Waals surface area contributed by atoms with Crippen LogP contribution in [0.2, 0.25) is 0 Å². The van der Waals surface area contributed by atoms with Crippen molar-refractivity contribution >= 4 is 5.69 Å². The van der Waals surface area contributed by atoms with Crippen molar-refractivity contribution in [3.8, 4) is 5.69 Å². The van der Waals surface area contributed by atoms with Crippen LogP contribution in [0.25, 0.3) is 10.5 Å². The first-order valence-electron chi connectivity index (χ1n) is 7.93. The van der Waals surface area contributed by atoms with Crippen molar-refractivity contribution in [1.82, 2.24) is 14.7 Å². The maximum atomic E-state index is 7.01. The topological polar surface area (TPSA) is 25.4 Å². The molecule has 0 bridgehead atoms. The second-order valence-corrected chi connectivity index (χ2v) is 6.37. The van der Waals surface area contributed by atoms with Gasteiger partial charge in [0.25, 0.3) is 0 Å². The number of fused-ring (bicyclic) bond motifs is 1. The molecule has 4 nitrogen and oxygen atoms in total. The summed E-state index contributed by atoms with van der Waals surface area (Å²) in [5.41, 5.74) is 4.28. The van der Waals surface area contributed by atoms with Gasteiger partial charge in [0.2, 0.25) is 0 Å². The quantitative estimate of drug-likeness (QED) is 0.810. The molecule has 1 aliphatic heterocycles. The smallest absolute Gasteiger partial charge is 0.187 e. The van der Waals surface area contributed by atoms with Gasteiger partial charge in [-0.3, -0.25) is 0 Å². The average Bonchev–Trinajstić information content (AvgIpc) is 2.84. The summed E-state index contributed by atoms with van der Waals surface area (Å²) in [6, 6.07) is 7.62. The average molecular weight is 294 g/mol. The van der Waals surface area contributed by atoms with Gasteiger partial charge < -0.3 is 4.90 Å². The molecule has 1 aromatic heterocycles. The minimum absolute atomic E-state index is 0.668. The Hall–Kier alpha value is -2.12. The molecule has 1 aliphatic rings. The molecule has 0 N–H and O–H groups in total. The van der Waals surface area contributed by atoms with Crippen molar-refractivity contribution in [2.24, 2.45) is 5.92 Å². The molecule has 0 unspecified atom stereocenters. The van der Waals surface area contributed by atoms with Crippen molar-refractivity contribution in [3.05, 3.63) is 53.1 Å². The fourth-order valence-electron chi connectivity index (χ4n) is 3.03. The molecule has 4 heteroatoms. The zero-order valence-electron chi connectivity index (χ0n) is 13.3. The molecule has 0 fully saturated rings. The van der Waals surface area contributed by atoms with Gasteiger partial charge in [-0.2, -0.15) is 5.10 Å². The normalized spacial score (nSPS) is 15.4. The molecule has 0 atom stereocenters. The number of aromatic nitrogens is 2. The Labute approximate surface area is 132 Å². The third-order valence-corrected chi connectivity index (χ3v) is 4.11. The summed E-state index contributed by atoms with van der Waals surface area (Å²) in [5, 5.41) is 4.76. The van der Waals surface area contributed by atoms with Crippen LogP contribution in [0.1, 0.15) is 25.1 Å². The Morgan fingerprint density at radius 3 is 2.59 bits per heavy atom. The van der Waals surface area contributed by atoms with Crippen LogP contribution in [0.4, 0.5) is 5.69 Å². The van der Waals surface area contributed by atoms with Crippen LogP contribution in [0.3, 0.4) is 0 Å².